The lowest BCUT2D eigenvalue weighted by Gasteiger charge is -2.21. The van der Waals surface area contributed by atoms with E-state index in [9.17, 15) is 9.59 Å². The minimum Gasteiger partial charge on any atom is -0.497 e. The van der Waals surface area contributed by atoms with Crippen molar-refractivity contribution in [2.45, 2.75) is 20.3 Å². The fourth-order valence-electron chi connectivity index (χ4n) is 3.28. The van der Waals surface area contributed by atoms with Gasteiger partial charge >= 0.3 is 0 Å². The van der Waals surface area contributed by atoms with Gasteiger partial charge in [0.05, 0.1) is 13.0 Å². The van der Waals surface area contributed by atoms with E-state index in [0.717, 1.165) is 16.8 Å². The highest BCUT2D eigenvalue weighted by molar-refractivity contribution is 6.04. The lowest BCUT2D eigenvalue weighted by Crippen LogP contribution is -2.29. The van der Waals surface area contributed by atoms with Crippen molar-refractivity contribution in [3.63, 3.8) is 0 Å². The monoisotopic (exact) mass is 338 g/mol. The maximum absolute atomic E-state index is 12.6. The van der Waals surface area contributed by atoms with Gasteiger partial charge < -0.3 is 15.0 Å². The fourth-order valence-corrected chi connectivity index (χ4v) is 3.28. The number of amides is 2. The predicted molar refractivity (Wildman–Crippen MR) is 98.0 cm³/mol. The van der Waals surface area contributed by atoms with Crippen LogP contribution in [0.15, 0.2) is 42.5 Å². The molecule has 5 nitrogen and oxygen atoms in total. The zero-order valence-electron chi connectivity index (χ0n) is 14.7. The summed E-state index contributed by atoms with van der Waals surface area (Å²) in [5, 5.41) is 2.88. The zero-order chi connectivity index (χ0) is 18.0. The molecular formula is C20H22N2O3. The summed E-state index contributed by atoms with van der Waals surface area (Å²) in [7, 11) is 1.58. The number of anilines is 2. The van der Waals surface area contributed by atoms with Gasteiger partial charge in [-0.05, 0) is 37.1 Å². The molecule has 0 radical (unpaired) electrons. The normalized spacial score (nSPS) is 16.8. The standard InChI is InChI=1S/C20H22N2O3/c1-13-6-4-7-14(2)19(13)22-12-15(10-18(22)23)20(24)21-16-8-5-9-17(11-16)25-3/h4-9,11,15H,10,12H2,1-3H3,(H,21,24). The number of benzene rings is 2. The van der Waals surface area contributed by atoms with Crippen molar-refractivity contribution in [3.8, 4) is 5.75 Å². The van der Waals surface area contributed by atoms with Crippen molar-refractivity contribution in [2.75, 3.05) is 23.9 Å². The lowest BCUT2D eigenvalue weighted by molar-refractivity contribution is -0.122. The van der Waals surface area contributed by atoms with E-state index < -0.39 is 0 Å². The fraction of sp³-hybridized carbons (Fsp3) is 0.300. The van der Waals surface area contributed by atoms with Crippen molar-refractivity contribution >= 4 is 23.2 Å². The number of methoxy groups -OCH3 is 1. The van der Waals surface area contributed by atoms with Crippen LogP contribution in [0.3, 0.4) is 0 Å². The minimum atomic E-state index is -0.363. The third-order valence-corrected chi connectivity index (χ3v) is 4.54. The molecule has 1 aliphatic heterocycles. The van der Waals surface area contributed by atoms with Gasteiger partial charge in [0.1, 0.15) is 5.75 Å². The van der Waals surface area contributed by atoms with Gasteiger partial charge in [-0.15, -0.1) is 0 Å². The number of rotatable bonds is 4. The van der Waals surface area contributed by atoms with Crippen molar-refractivity contribution in [2.24, 2.45) is 5.92 Å². The number of hydrogen-bond donors (Lipinski definition) is 1. The Labute approximate surface area is 147 Å². The summed E-state index contributed by atoms with van der Waals surface area (Å²) in [5.74, 6) is 0.161. The first-order valence-corrected chi connectivity index (χ1v) is 8.31. The van der Waals surface area contributed by atoms with Gasteiger partial charge in [-0.2, -0.15) is 0 Å². The molecule has 1 N–H and O–H groups in total. The van der Waals surface area contributed by atoms with E-state index >= 15 is 0 Å². The Morgan fingerprint density at radius 3 is 2.52 bits per heavy atom. The van der Waals surface area contributed by atoms with Crippen LogP contribution >= 0.6 is 0 Å². The average molecular weight is 338 g/mol. The van der Waals surface area contributed by atoms with Gasteiger partial charge in [-0.3, -0.25) is 9.59 Å². The number of aryl methyl sites for hydroxylation is 2. The maximum Gasteiger partial charge on any atom is 0.229 e. The van der Waals surface area contributed by atoms with Gasteiger partial charge in [0, 0.05) is 30.4 Å². The van der Waals surface area contributed by atoms with Gasteiger partial charge in [-0.25, -0.2) is 0 Å². The van der Waals surface area contributed by atoms with E-state index in [1.165, 1.54) is 0 Å². The molecule has 25 heavy (non-hydrogen) atoms. The molecule has 1 heterocycles. The van der Waals surface area contributed by atoms with Crippen LogP contribution in [0.2, 0.25) is 0 Å². The molecule has 1 aliphatic rings. The second kappa shape index (κ2) is 6.97. The van der Waals surface area contributed by atoms with Gasteiger partial charge in [-0.1, -0.05) is 24.3 Å². The van der Waals surface area contributed by atoms with Crippen LogP contribution < -0.4 is 15.0 Å². The van der Waals surface area contributed by atoms with Crippen LogP contribution in [0.5, 0.6) is 5.75 Å². The molecule has 1 fully saturated rings. The second-order valence-electron chi connectivity index (χ2n) is 6.37. The average Bonchev–Trinajstić information content (AvgIpc) is 2.97. The Morgan fingerprint density at radius 2 is 1.84 bits per heavy atom. The number of carbonyl (C=O) groups is 2. The Balaban J connectivity index is 1.74. The molecule has 3 rings (SSSR count). The van der Waals surface area contributed by atoms with Gasteiger partial charge in [0.2, 0.25) is 11.8 Å². The summed E-state index contributed by atoms with van der Waals surface area (Å²) in [4.78, 5) is 26.8. The Morgan fingerprint density at radius 1 is 1.16 bits per heavy atom. The Bertz CT molecular complexity index is 796. The number of nitrogens with one attached hydrogen (secondary N) is 1. The van der Waals surface area contributed by atoms with E-state index in [1.54, 1.807) is 24.1 Å². The molecule has 2 amide bonds. The highest BCUT2D eigenvalue weighted by Gasteiger charge is 2.36. The molecule has 2 aromatic rings. The number of ether oxygens (including phenoxy) is 1. The Kier molecular flexibility index (Phi) is 4.74. The summed E-state index contributed by atoms with van der Waals surface area (Å²) in [6.07, 6.45) is 0.226. The molecular weight excluding hydrogens is 316 g/mol. The third kappa shape index (κ3) is 3.50. The molecule has 0 aliphatic carbocycles. The first-order chi connectivity index (χ1) is 12.0. The van der Waals surface area contributed by atoms with E-state index in [1.807, 2.05) is 44.2 Å². The first kappa shape index (κ1) is 17.0. The summed E-state index contributed by atoms with van der Waals surface area (Å²) in [6.45, 7) is 4.37. The van der Waals surface area contributed by atoms with Crippen LogP contribution in [-0.2, 0) is 9.59 Å². The predicted octanol–water partition coefficient (Wildman–Crippen LogP) is 3.30. The first-order valence-electron chi connectivity index (χ1n) is 8.31. The topological polar surface area (TPSA) is 58.6 Å². The van der Waals surface area contributed by atoms with Gasteiger partial charge in [0.15, 0.2) is 0 Å². The minimum absolute atomic E-state index is 0.0109. The molecule has 0 bridgehead atoms. The second-order valence-corrected chi connectivity index (χ2v) is 6.37. The largest absolute Gasteiger partial charge is 0.497 e. The van der Waals surface area contributed by atoms with Crippen molar-refractivity contribution in [3.05, 3.63) is 53.6 Å². The zero-order valence-corrected chi connectivity index (χ0v) is 14.7. The van der Waals surface area contributed by atoms with E-state index in [0.29, 0.717) is 18.0 Å². The van der Waals surface area contributed by atoms with Crippen LogP contribution in [0.25, 0.3) is 0 Å². The van der Waals surface area contributed by atoms with Gasteiger partial charge in [0.25, 0.3) is 0 Å². The summed E-state index contributed by atoms with van der Waals surface area (Å²) in [5.41, 5.74) is 3.68. The van der Waals surface area contributed by atoms with Crippen LogP contribution in [0.4, 0.5) is 11.4 Å². The molecule has 130 valence electrons. The smallest absolute Gasteiger partial charge is 0.229 e. The quantitative estimate of drug-likeness (QED) is 0.930. The molecule has 1 saturated heterocycles. The van der Waals surface area contributed by atoms with Crippen LogP contribution in [-0.4, -0.2) is 25.5 Å². The SMILES string of the molecule is COc1cccc(NC(=O)C2CC(=O)N(c3c(C)cccc3C)C2)c1. The molecule has 0 aromatic heterocycles. The van der Waals surface area contributed by atoms with Crippen molar-refractivity contribution < 1.29 is 14.3 Å². The summed E-state index contributed by atoms with van der Waals surface area (Å²) >= 11 is 0. The highest BCUT2D eigenvalue weighted by Crippen LogP contribution is 2.31. The molecule has 5 heteroatoms. The molecule has 1 unspecified atom stereocenters. The third-order valence-electron chi connectivity index (χ3n) is 4.54. The van der Waals surface area contributed by atoms with Crippen molar-refractivity contribution in [1.29, 1.82) is 0 Å². The van der Waals surface area contributed by atoms with E-state index in [4.69, 9.17) is 4.74 Å². The van der Waals surface area contributed by atoms with Crippen LogP contribution in [0, 0.1) is 19.8 Å². The highest BCUT2D eigenvalue weighted by atomic mass is 16.5. The summed E-state index contributed by atoms with van der Waals surface area (Å²) in [6, 6.07) is 13.1. The van der Waals surface area contributed by atoms with E-state index in [-0.39, 0.29) is 24.2 Å². The number of hydrogen-bond acceptors (Lipinski definition) is 3. The molecule has 0 spiro atoms. The molecule has 0 saturated carbocycles. The van der Waals surface area contributed by atoms with Crippen molar-refractivity contribution in [1.82, 2.24) is 0 Å². The summed E-state index contributed by atoms with van der Waals surface area (Å²) < 4.78 is 5.17. The number of carbonyl (C=O) groups excluding carboxylic acids is 2. The Hall–Kier alpha value is -2.82. The maximum atomic E-state index is 12.6. The van der Waals surface area contributed by atoms with Crippen LogP contribution in [0.1, 0.15) is 17.5 Å². The van der Waals surface area contributed by atoms with E-state index in [2.05, 4.69) is 5.32 Å². The number of nitrogens with zero attached hydrogens (tertiary/aromatic N) is 1. The molecule has 1 atom stereocenters. The molecule has 2 aromatic carbocycles. The number of para-hydroxylation sites is 1. The lowest BCUT2D eigenvalue weighted by atomic mass is 10.1.